The van der Waals surface area contributed by atoms with Crippen LogP contribution < -0.4 is 9.47 Å². The molecular formula is C10H5F3O3. The summed E-state index contributed by atoms with van der Waals surface area (Å²) < 4.78 is 50.1. The molecule has 3 rings (SSSR count). The summed E-state index contributed by atoms with van der Waals surface area (Å²) in [5.74, 6) is 1.48. The summed E-state index contributed by atoms with van der Waals surface area (Å²) >= 11 is 0. The van der Waals surface area contributed by atoms with Gasteiger partial charge in [0.2, 0.25) is 0 Å². The van der Waals surface area contributed by atoms with E-state index in [2.05, 4.69) is 4.74 Å². The molecule has 0 unspecified atom stereocenters. The predicted molar refractivity (Wildman–Crippen MR) is 46.6 cm³/mol. The van der Waals surface area contributed by atoms with Gasteiger partial charge in [-0.1, -0.05) is 0 Å². The van der Waals surface area contributed by atoms with Gasteiger partial charge in [-0.15, -0.1) is 13.2 Å². The lowest BCUT2D eigenvalue weighted by Gasteiger charge is -2.12. The molecule has 0 saturated carbocycles. The Morgan fingerprint density at radius 2 is 2.06 bits per heavy atom. The van der Waals surface area contributed by atoms with Crippen molar-refractivity contribution in [2.24, 2.45) is 0 Å². The molecule has 0 bridgehead atoms. The molecule has 0 saturated heterocycles. The third kappa shape index (κ3) is 1.56. The van der Waals surface area contributed by atoms with E-state index in [1.165, 1.54) is 18.2 Å². The zero-order valence-corrected chi connectivity index (χ0v) is 7.80. The lowest BCUT2D eigenvalue weighted by molar-refractivity contribution is -0.274. The largest absolute Gasteiger partial charge is 0.573 e. The lowest BCUT2D eigenvalue weighted by Crippen LogP contribution is -2.17. The quantitative estimate of drug-likeness (QED) is 0.743. The number of halogens is 3. The molecule has 0 aliphatic carbocycles. The second kappa shape index (κ2) is 2.84. The first-order chi connectivity index (χ1) is 7.53. The van der Waals surface area contributed by atoms with Gasteiger partial charge in [-0.2, -0.15) is 0 Å². The average molecular weight is 230 g/mol. The van der Waals surface area contributed by atoms with Crippen molar-refractivity contribution in [3.8, 4) is 11.5 Å². The highest BCUT2D eigenvalue weighted by atomic mass is 19.4. The van der Waals surface area contributed by atoms with Gasteiger partial charge in [-0.3, -0.25) is 0 Å². The summed E-state index contributed by atoms with van der Waals surface area (Å²) in [6.07, 6.45) is -4.69. The Labute approximate surface area is 88.0 Å². The van der Waals surface area contributed by atoms with E-state index in [-0.39, 0.29) is 5.75 Å². The van der Waals surface area contributed by atoms with Crippen LogP contribution in [0.5, 0.6) is 11.5 Å². The van der Waals surface area contributed by atoms with Gasteiger partial charge < -0.3 is 14.2 Å². The van der Waals surface area contributed by atoms with Gasteiger partial charge >= 0.3 is 6.36 Å². The molecule has 0 fully saturated rings. The van der Waals surface area contributed by atoms with Crippen LogP contribution >= 0.6 is 0 Å². The highest BCUT2D eigenvalue weighted by Crippen LogP contribution is 2.46. The minimum atomic E-state index is -4.69. The molecular weight excluding hydrogens is 225 g/mol. The Bertz CT molecular complexity index is 491. The number of rotatable bonds is 1. The number of hydrogen-bond donors (Lipinski definition) is 0. The third-order valence-electron chi connectivity index (χ3n) is 2.22. The maximum absolute atomic E-state index is 12.0. The van der Waals surface area contributed by atoms with E-state index in [1.807, 2.05) is 0 Å². The SMILES string of the molecule is FC(F)(F)Oc1ccc2c(c1)C1=C(CO2)O1. The first kappa shape index (κ1) is 9.38. The van der Waals surface area contributed by atoms with E-state index < -0.39 is 6.36 Å². The van der Waals surface area contributed by atoms with E-state index in [0.717, 1.165) is 0 Å². The molecule has 0 N–H and O–H groups in total. The average Bonchev–Trinajstić information content (AvgIpc) is 2.94. The van der Waals surface area contributed by atoms with Crippen molar-refractivity contribution in [2.45, 2.75) is 6.36 Å². The van der Waals surface area contributed by atoms with Gasteiger partial charge in [0.15, 0.2) is 11.5 Å². The number of alkyl halides is 3. The molecule has 16 heavy (non-hydrogen) atoms. The number of hydrogen-bond acceptors (Lipinski definition) is 3. The van der Waals surface area contributed by atoms with Crippen molar-refractivity contribution in [1.29, 1.82) is 0 Å². The summed E-state index contributed by atoms with van der Waals surface area (Å²) in [4.78, 5) is 0. The lowest BCUT2D eigenvalue weighted by atomic mass is 10.1. The molecule has 6 heteroatoms. The Hall–Kier alpha value is -1.85. The molecule has 1 aromatic rings. The van der Waals surface area contributed by atoms with Crippen LogP contribution in [0, 0.1) is 0 Å². The Balaban J connectivity index is 1.94. The van der Waals surface area contributed by atoms with E-state index in [9.17, 15) is 13.2 Å². The molecule has 0 aromatic heterocycles. The number of fused-ring (bicyclic) bond motifs is 2. The van der Waals surface area contributed by atoms with Gasteiger partial charge in [0.05, 0.1) is 5.56 Å². The van der Waals surface area contributed by atoms with Crippen LogP contribution in [0.2, 0.25) is 0 Å². The van der Waals surface area contributed by atoms with Crippen LogP contribution in [0.3, 0.4) is 0 Å². The van der Waals surface area contributed by atoms with Gasteiger partial charge in [-0.25, -0.2) is 0 Å². The van der Waals surface area contributed by atoms with Gasteiger partial charge in [0, 0.05) is 0 Å². The van der Waals surface area contributed by atoms with Crippen LogP contribution in [0.15, 0.2) is 24.0 Å². The fourth-order valence-corrected chi connectivity index (χ4v) is 1.55. The van der Waals surface area contributed by atoms with E-state index in [1.54, 1.807) is 0 Å². The summed E-state index contributed by atoms with van der Waals surface area (Å²) in [6.45, 7) is 0.335. The molecule has 3 nitrogen and oxygen atoms in total. The van der Waals surface area contributed by atoms with Crippen LogP contribution in [-0.4, -0.2) is 13.0 Å². The molecule has 0 amide bonds. The highest BCUT2D eigenvalue weighted by molar-refractivity contribution is 5.78. The molecule has 0 spiro atoms. The molecule has 84 valence electrons. The Kier molecular flexibility index (Phi) is 1.66. The van der Waals surface area contributed by atoms with Crippen LogP contribution in [0.1, 0.15) is 5.56 Å². The standard InChI is InChI=1S/C10H5F3O3/c11-10(12,13)16-5-1-2-7-6(3-5)9-8(15-9)4-14-7/h1-3H,4H2. The fraction of sp³-hybridized carbons (Fsp3) is 0.200. The monoisotopic (exact) mass is 230 g/mol. The van der Waals surface area contributed by atoms with Crippen molar-refractivity contribution < 1.29 is 27.4 Å². The second-order valence-corrected chi connectivity index (χ2v) is 3.35. The maximum Gasteiger partial charge on any atom is 0.573 e. The third-order valence-corrected chi connectivity index (χ3v) is 2.22. The number of benzene rings is 1. The summed E-state index contributed by atoms with van der Waals surface area (Å²) in [5, 5.41) is 0. The molecule has 2 aliphatic rings. The molecule has 0 radical (unpaired) electrons. The van der Waals surface area contributed by atoms with Crippen molar-refractivity contribution >= 4 is 5.76 Å². The summed E-state index contributed by atoms with van der Waals surface area (Å²) in [6, 6.07) is 3.90. The van der Waals surface area contributed by atoms with Gasteiger partial charge in [0.1, 0.15) is 18.1 Å². The first-order valence-electron chi connectivity index (χ1n) is 4.47. The van der Waals surface area contributed by atoms with Crippen LogP contribution in [0.25, 0.3) is 5.76 Å². The molecule has 1 aromatic carbocycles. The minimum absolute atomic E-state index is 0.279. The second-order valence-electron chi connectivity index (χ2n) is 3.35. The first-order valence-corrected chi connectivity index (χ1v) is 4.47. The van der Waals surface area contributed by atoms with Gasteiger partial charge in [-0.05, 0) is 18.2 Å². The zero-order valence-electron chi connectivity index (χ0n) is 7.80. The van der Waals surface area contributed by atoms with E-state index in [4.69, 9.17) is 9.47 Å². The molecule has 2 heterocycles. The maximum atomic E-state index is 12.0. The number of ether oxygens (including phenoxy) is 3. The van der Waals surface area contributed by atoms with Crippen molar-refractivity contribution in [3.05, 3.63) is 29.5 Å². The highest BCUT2D eigenvalue weighted by Gasteiger charge is 2.36. The normalized spacial score (nSPS) is 16.9. The summed E-state index contributed by atoms with van der Waals surface area (Å²) in [5.41, 5.74) is 0.503. The molecule has 2 aliphatic heterocycles. The smallest absolute Gasteiger partial charge is 0.485 e. The van der Waals surface area contributed by atoms with Crippen molar-refractivity contribution in [1.82, 2.24) is 0 Å². The minimum Gasteiger partial charge on any atom is -0.485 e. The van der Waals surface area contributed by atoms with E-state index in [0.29, 0.717) is 29.4 Å². The topological polar surface area (TPSA) is 31.0 Å². The van der Waals surface area contributed by atoms with Crippen LogP contribution in [-0.2, 0) is 4.74 Å². The molecule has 0 atom stereocenters. The van der Waals surface area contributed by atoms with Crippen LogP contribution in [0.4, 0.5) is 13.2 Å². The summed E-state index contributed by atoms with van der Waals surface area (Å²) in [7, 11) is 0. The van der Waals surface area contributed by atoms with Crippen molar-refractivity contribution in [3.63, 3.8) is 0 Å². The Morgan fingerprint density at radius 3 is 2.81 bits per heavy atom. The zero-order chi connectivity index (χ0) is 11.3. The predicted octanol–water partition coefficient (Wildman–Crippen LogP) is 2.68. The van der Waals surface area contributed by atoms with E-state index >= 15 is 0 Å². The van der Waals surface area contributed by atoms with Crippen molar-refractivity contribution in [2.75, 3.05) is 6.61 Å². The fourth-order valence-electron chi connectivity index (χ4n) is 1.55. The van der Waals surface area contributed by atoms with Gasteiger partial charge in [0.25, 0.3) is 0 Å². The Morgan fingerprint density at radius 1 is 1.25 bits per heavy atom.